The molecule has 0 saturated carbocycles. The zero-order valence-corrected chi connectivity index (χ0v) is 7.77. The second kappa shape index (κ2) is 3.84. The molecule has 1 atom stereocenters. The van der Waals surface area contributed by atoms with Crippen molar-refractivity contribution >= 4 is 0 Å². The van der Waals surface area contributed by atoms with E-state index in [1.807, 2.05) is 13.8 Å². The predicted molar refractivity (Wildman–Crippen MR) is 42.5 cm³/mol. The lowest BCUT2D eigenvalue weighted by atomic mass is 10.2. The zero-order chi connectivity index (χ0) is 10.1. The van der Waals surface area contributed by atoms with Gasteiger partial charge in [-0.3, -0.25) is 4.90 Å². The molecule has 1 rings (SSSR count). The van der Waals surface area contributed by atoms with Gasteiger partial charge >= 0.3 is 6.18 Å². The highest BCUT2D eigenvalue weighted by Crippen LogP contribution is 2.26. The first-order valence-corrected chi connectivity index (χ1v) is 4.33. The van der Waals surface area contributed by atoms with Crippen LogP contribution in [0.3, 0.4) is 0 Å². The second-order valence-corrected chi connectivity index (χ2v) is 3.49. The average Bonchev–Trinajstić information content (AvgIpc) is 2.03. The summed E-state index contributed by atoms with van der Waals surface area (Å²) in [7, 11) is 0. The van der Waals surface area contributed by atoms with E-state index in [4.69, 9.17) is 0 Å². The molecule has 2 nitrogen and oxygen atoms in total. The Morgan fingerprint density at radius 1 is 1.38 bits per heavy atom. The van der Waals surface area contributed by atoms with Gasteiger partial charge in [-0.25, -0.2) is 0 Å². The third-order valence-corrected chi connectivity index (χ3v) is 2.19. The minimum atomic E-state index is -4.23. The molecule has 13 heavy (non-hydrogen) atoms. The summed E-state index contributed by atoms with van der Waals surface area (Å²) in [6.07, 6.45) is -5.84. The van der Waals surface area contributed by atoms with Gasteiger partial charge in [-0.1, -0.05) is 0 Å². The average molecular weight is 197 g/mol. The number of halogens is 3. The number of ether oxygens (including phenoxy) is 1. The molecule has 0 amide bonds. The molecule has 1 saturated heterocycles. The van der Waals surface area contributed by atoms with Crippen LogP contribution in [0, 0.1) is 0 Å². The molecular formula is C8H14F3NO. The van der Waals surface area contributed by atoms with Gasteiger partial charge in [-0.05, 0) is 13.8 Å². The van der Waals surface area contributed by atoms with Gasteiger partial charge < -0.3 is 4.74 Å². The van der Waals surface area contributed by atoms with Crippen molar-refractivity contribution in [3.63, 3.8) is 0 Å². The Kier molecular flexibility index (Phi) is 3.18. The Bertz CT molecular complexity index is 169. The fourth-order valence-electron chi connectivity index (χ4n) is 1.34. The highest BCUT2D eigenvalue weighted by Gasteiger charge is 2.43. The highest BCUT2D eigenvalue weighted by molar-refractivity contribution is 4.78. The van der Waals surface area contributed by atoms with Crippen LogP contribution >= 0.6 is 0 Å². The molecule has 1 aliphatic heterocycles. The largest absolute Gasteiger partial charge is 0.415 e. The summed E-state index contributed by atoms with van der Waals surface area (Å²) in [6, 6.07) is 0.147. The van der Waals surface area contributed by atoms with Crippen LogP contribution in [0.4, 0.5) is 13.2 Å². The minimum absolute atomic E-state index is 0.0405. The lowest BCUT2D eigenvalue weighted by molar-refractivity contribution is -0.238. The van der Waals surface area contributed by atoms with Crippen LogP contribution in [0.1, 0.15) is 13.8 Å². The van der Waals surface area contributed by atoms with Crippen molar-refractivity contribution in [2.75, 3.05) is 19.7 Å². The zero-order valence-electron chi connectivity index (χ0n) is 7.77. The lowest BCUT2D eigenvalue weighted by Gasteiger charge is -2.36. The molecule has 1 aliphatic rings. The van der Waals surface area contributed by atoms with Crippen molar-refractivity contribution in [3.8, 4) is 0 Å². The molecule has 78 valence electrons. The van der Waals surface area contributed by atoms with Gasteiger partial charge in [0.1, 0.15) is 0 Å². The summed E-state index contributed by atoms with van der Waals surface area (Å²) in [6.45, 7) is 4.49. The standard InChI is InChI=1S/C8H14F3NO/c1-6(2)12-3-4-13-7(5-12)8(9,10)11/h6-7H,3-5H2,1-2H3/t7-/m0/s1. The highest BCUT2D eigenvalue weighted by atomic mass is 19.4. The fourth-order valence-corrected chi connectivity index (χ4v) is 1.34. The second-order valence-electron chi connectivity index (χ2n) is 3.49. The fraction of sp³-hybridized carbons (Fsp3) is 1.00. The van der Waals surface area contributed by atoms with Gasteiger partial charge in [-0.2, -0.15) is 13.2 Å². The summed E-state index contributed by atoms with van der Waals surface area (Å²) in [5.41, 5.74) is 0. The van der Waals surface area contributed by atoms with Crippen LogP contribution in [0.25, 0.3) is 0 Å². The Morgan fingerprint density at radius 3 is 2.46 bits per heavy atom. The van der Waals surface area contributed by atoms with Crippen molar-refractivity contribution in [3.05, 3.63) is 0 Å². The summed E-state index contributed by atoms with van der Waals surface area (Å²) in [5.74, 6) is 0. The van der Waals surface area contributed by atoms with Crippen molar-refractivity contribution in [1.82, 2.24) is 4.90 Å². The molecule has 0 bridgehead atoms. The third-order valence-electron chi connectivity index (χ3n) is 2.19. The molecule has 1 heterocycles. The molecule has 1 fully saturated rings. The normalized spacial score (nSPS) is 26.8. The van der Waals surface area contributed by atoms with E-state index in [9.17, 15) is 13.2 Å². The van der Waals surface area contributed by atoms with Gasteiger partial charge in [0.25, 0.3) is 0 Å². The topological polar surface area (TPSA) is 12.5 Å². The number of hydrogen-bond acceptors (Lipinski definition) is 2. The molecule has 0 aromatic rings. The molecule has 0 N–H and O–H groups in total. The smallest absolute Gasteiger partial charge is 0.366 e. The van der Waals surface area contributed by atoms with E-state index in [2.05, 4.69) is 4.74 Å². The molecule has 0 radical (unpaired) electrons. The van der Waals surface area contributed by atoms with E-state index in [0.29, 0.717) is 6.54 Å². The van der Waals surface area contributed by atoms with E-state index >= 15 is 0 Å². The van der Waals surface area contributed by atoms with Crippen LogP contribution < -0.4 is 0 Å². The number of alkyl halides is 3. The summed E-state index contributed by atoms with van der Waals surface area (Å²) >= 11 is 0. The Balaban J connectivity index is 2.52. The van der Waals surface area contributed by atoms with E-state index in [1.54, 1.807) is 4.90 Å². The number of hydrogen-bond donors (Lipinski definition) is 0. The van der Waals surface area contributed by atoms with Gasteiger partial charge in [-0.15, -0.1) is 0 Å². The maximum absolute atomic E-state index is 12.2. The first kappa shape index (κ1) is 10.8. The first-order chi connectivity index (χ1) is 5.91. The number of morpholine rings is 1. The Labute approximate surface area is 75.7 Å². The predicted octanol–water partition coefficient (Wildman–Crippen LogP) is 1.66. The molecular weight excluding hydrogens is 183 g/mol. The molecule has 0 aliphatic carbocycles. The number of rotatable bonds is 1. The van der Waals surface area contributed by atoms with E-state index in [1.165, 1.54) is 0 Å². The summed E-state index contributed by atoms with van der Waals surface area (Å²) < 4.78 is 41.3. The van der Waals surface area contributed by atoms with E-state index in [-0.39, 0.29) is 19.2 Å². The molecule has 0 unspecified atom stereocenters. The van der Waals surface area contributed by atoms with Crippen molar-refractivity contribution in [1.29, 1.82) is 0 Å². The van der Waals surface area contributed by atoms with Gasteiger partial charge in [0.15, 0.2) is 6.10 Å². The minimum Gasteiger partial charge on any atom is -0.366 e. The Morgan fingerprint density at radius 2 is 2.00 bits per heavy atom. The molecule has 0 aromatic heterocycles. The van der Waals surface area contributed by atoms with Crippen molar-refractivity contribution in [2.24, 2.45) is 0 Å². The number of nitrogens with zero attached hydrogens (tertiary/aromatic N) is 1. The first-order valence-electron chi connectivity index (χ1n) is 4.33. The molecule has 0 aromatic carbocycles. The van der Waals surface area contributed by atoms with Crippen LogP contribution in [-0.2, 0) is 4.74 Å². The van der Waals surface area contributed by atoms with Crippen LogP contribution in [0.5, 0.6) is 0 Å². The SMILES string of the molecule is CC(C)N1CCO[C@H](C(F)(F)F)C1. The van der Waals surface area contributed by atoms with Gasteiger partial charge in [0.05, 0.1) is 6.61 Å². The summed E-state index contributed by atoms with van der Waals surface area (Å²) in [4.78, 5) is 1.78. The molecule has 5 heteroatoms. The summed E-state index contributed by atoms with van der Waals surface area (Å²) in [5, 5.41) is 0. The van der Waals surface area contributed by atoms with E-state index < -0.39 is 12.3 Å². The van der Waals surface area contributed by atoms with Gasteiger partial charge in [0, 0.05) is 19.1 Å². The van der Waals surface area contributed by atoms with Crippen LogP contribution in [0.15, 0.2) is 0 Å². The van der Waals surface area contributed by atoms with Gasteiger partial charge in [0.2, 0.25) is 0 Å². The van der Waals surface area contributed by atoms with Crippen LogP contribution in [0.2, 0.25) is 0 Å². The monoisotopic (exact) mass is 197 g/mol. The third kappa shape index (κ3) is 2.84. The van der Waals surface area contributed by atoms with Crippen LogP contribution in [-0.4, -0.2) is 42.9 Å². The quantitative estimate of drug-likeness (QED) is 0.633. The van der Waals surface area contributed by atoms with Crippen molar-refractivity contribution < 1.29 is 17.9 Å². The Hall–Kier alpha value is -0.290. The van der Waals surface area contributed by atoms with Crippen molar-refractivity contribution in [2.45, 2.75) is 32.2 Å². The maximum atomic E-state index is 12.2. The maximum Gasteiger partial charge on any atom is 0.415 e. The van der Waals surface area contributed by atoms with E-state index in [0.717, 1.165) is 0 Å². The lowest BCUT2D eigenvalue weighted by Crippen LogP contribution is -2.51. The molecule has 0 spiro atoms.